The number of carboxylic acid groups (broad SMARTS) is 1. The van der Waals surface area contributed by atoms with Crippen molar-refractivity contribution < 1.29 is 9.90 Å². The van der Waals surface area contributed by atoms with Crippen LogP contribution in [0.1, 0.15) is 24.5 Å². The molecule has 1 aromatic rings. The molecule has 0 bridgehead atoms. The van der Waals surface area contributed by atoms with Crippen LogP contribution in [0.4, 0.5) is 10.5 Å². The maximum absolute atomic E-state index is 10.8. The summed E-state index contributed by atoms with van der Waals surface area (Å²) in [5.74, 6) is 0. The van der Waals surface area contributed by atoms with Crippen molar-refractivity contribution in [3.8, 4) is 6.07 Å². The Bertz CT molecular complexity index is 620. The molecule has 20 heavy (non-hydrogen) atoms. The first-order chi connectivity index (χ1) is 9.51. The summed E-state index contributed by atoms with van der Waals surface area (Å²) in [5, 5.41) is 23.7. The zero-order valence-electron chi connectivity index (χ0n) is 10.9. The number of anilines is 1. The number of nitrogens with one attached hydrogen (secondary N) is 2. The van der Waals surface area contributed by atoms with Crippen LogP contribution in [-0.4, -0.2) is 23.8 Å². The molecule has 104 valence electrons. The zero-order valence-corrected chi connectivity index (χ0v) is 11.7. The van der Waals surface area contributed by atoms with Gasteiger partial charge in [0, 0.05) is 12.6 Å². The molecule has 0 aliphatic carbocycles. The Morgan fingerprint density at radius 3 is 2.95 bits per heavy atom. The molecule has 6 heteroatoms. The summed E-state index contributed by atoms with van der Waals surface area (Å²) in [5.41, 5.74) is 2.34. The van der Waals surface area contributed by atoms with Crippen LogP contribution in [0.25, 0.3) is 5.57 Å². The summed E-state index contributed by atoms with van der Waals surface area (Å²) in [6, 6.07) is 5.47. The Morgan fingerprint density at radius 2 is 2.35 bits per heavy atom. The van der Waals surface area contributed by atoms with E-state index in [4.69, 9.17) is 22.0 Å². The van der Waals surface area contributed by atoms with Crippen molar-refractivity contribution in [3.05, 3.63) is 34.4 Å². The Labute approximate surface area is 121 Å². The third-order valence-electron chi connectivity index (χ3n) is 3.13. The molecule has 5 nitrogen and oxygen atoms in total. The van der Waals surface area contributed by atoms with E-state index in [0.717, 1.165) is 18.5 Å². The molecule has 1 unspecified atom stereocenters. The van der Waals surface area contributed by atoms with Crippen LogP contribution in [0.3, 0.4) is 0 Å². The van der Waals surface area contributed by atoms with Gasteiger partial charge in [-0.1, -0.05) is 17.7 Å². The second-order valence-corrected chi connectivity index (χ2v) is 5.05. The first kappa shape index (κ1) is 14.4. The van der Waals surface area contributed by atoms with Gasteiger partial charge >= 0.3 is 6.09 Å². The first-order valence-electron chi connectivity index (χ1n) is 6.17. The number of halogens is 1. The molecule has 0 saturated carbocycles. The van der Waals surface area contributed by atoms with Crippen molar-refractivity contribution in [3.63, 3.8) is 0 Å². The van der Waals surface area contributed by atoms with Gasteiger partial charge in [0.2, 0.25) is 0 Å². The number of nitrogens with zero attached hydrogens (tertiary/aromatic N) is 1. The highest BCUT2D eigenvalue weighted by molar-refractivity contribution is 6.35. The standard InChI is InChI=1S/C14H14ClN3O2/c1-8-4-10(2-3-17-8)11-5-9(7-16)6-12(13(11)15)18-14(19)20/h2,5-6,8,17-18H,3-4H2,1H3,(H,19,20). The molecule has 1 amide bonds. The average molecular weight is 292 g/mol. The van der Waals surface area contributed by atoms with Gasteiger partial charge in [-0.25, -0.2) is 4.79 Å². The van der Waals surface area contributed by atoms with E-state index in [9.17, 15) is 4.79 Å². The molecule has 3 N–H and O–H groups in total. The monoisotopic (exact) mass is 291 g/mol. The van der Waals surface area contributed by atoms with Crippen LogP contribution in [-0.2, 0) is 0 Å². The van der Waals surface area contributed by atoms with Crippen molar-refractivity contribution in [2.24, 2.45) is 0 Å². The fourth-order valence-electron chi connectivity index (χ4n) is 2.22. The van der Waals surface area contributed by atoms with Gasteiger partial charge in [-0.05, 0) is 36.6 Å². The van der Waals surface area contributed by atoms with Gasteiger partial charge < -0.3 is 10.4 Å². The number of carbonyl (C=O) groups is 1. The summed E-state index contributed by atoms with van der Waals surface area (Å²) in [6.07, 6.45) is 1.58. The van der Waals surface area contributed by atoms with Gasteiger partial charge in [0.15, 0.2) is 0 Å². The maximum Gasteiger partial charge on any atom is 0.409 e. The maximum atomic E-state index is 10.8. The molecule has 0 saturated heterocycles. The minimum atomic E-state index is -1.21. The van der Waals surface area contributed by atoms with E-state index < -0.39 is 6.09 Å². The molecule has 1 atom stereocenters. The number of benzene rings is 1. The van der Waals surface area contributed by atoms with Crippen LogP contribution in [0.2, 0.25) is 5.02 Å². The first-order valence-corrected chi connectivity index (χ1v) is 6.55. The summed E-state index contributed by atoms with van der Waals surface area (Å²) in [4.78, 5) is 10.8. The zero-order chi connectivity index (χ0) is 14.7. The molecule has 1 aliphatic rings. The van der Waals surface area contributed by atoms with E-state index in [-0.39, 0.29) is 5.69 Å². The van der Waals surface area contributed by atoms with Gasteiger partial charge in [0.1, 0.15) is 0 Å². The van der Waals surface area contributed by atoms with E-state index in [1.807, 2.05) is 12.1 Å². The molecular weight excluding hydrogens is 278 g/mol. The molecule has 1 aliphatic heterocycles. The van der Waals surface area contributed by atoms with Gasteiger partial charge in [-0.2, -0.15) is 5.26 Å². The lowest BCUT2D eigenvalue weighted by molar-refractivity contribution is 0.210. The summed E-state index contributed by atoms with van der Waals surface area (Å²) in [6.45, 7) is 2.79. The van der Waals surface area contributed by atoms with Crippen molar-refractivity contribution >= 4 is 29.0 Å². The lowest BCUT2D eigenvalue weighted by atomic mass is 9.94. The lowest BCUT2D eigenvalue weighted by Crippen LogP contribution is -2.30. The molecule has 1 aromatic carbocycles. The van der Waals surface area contributed by atoms with Crippen molar-refractivity contribution in [1.82, 2.24) is 5.32 Å². The van der Waals surface area contributed by atoms with E-state index in [2.05, 4.69) is 17.6 Å². The van der Waals surface area contributed by atoms with Gasteiger partial charge in [0.05, 0.1) is 22.3 Å². The smallest absolute Gasteiger partial charge is 0.409 e. The van der Waals surface area contributed by atoms with Crippen molar-refractivity contribution in [2.75, 3.05) is 11.9 Å². The third kappa shape index (κ3) is 3.10. The van der Waals surface area contributed by atoms with E-state index in [1.165, 1.54) is 6.07 Å². The molecule has 0 fully saturated rings. The molecule has 2 rings (SSSR count). The van der Waals surface area contributed by atoms with Crippen LogP contribution in [0.5, 0.6) is 0 Å². The lowest BCUT2D eigenvalue weighted by Gasteiger charge is -2.22. The van der Waals surface area contributed by atoms with E-state index in [1.54, 1.807) is 6.07 Å². The number of amides is 1. The fraction of sp³-hybridized carbons (Fsp3) is 0.286. The number of hydrogen-bond acceptors (Lipinski definition) is 3. The van der Waals surface area contributed by atoms with E-state index in [0.29, 0.717) is 22.2 Å². The van der Waals surface area contributed by atoms with Crippen LogP contribution in [0, 0.1) is 11.3 Å². The largest absolute Gasteiger partial charge is 0.465 e. The van der Waals surface area contributed by atoms with E-state index >= 15 is 0 Å². The topological polar surface area (TPSA) is 85.2 Å². The Kier molecular flexibility index (Phi) is 4.28. The summed E-state index contributed by atoms with van der Waals surface area (Å²) >= 11 is 6.27. The Morgan fingerprint density at radius 1 is 1.60 bits per heavy atom. The number of hydrogen-bond donors (Lipinski definition) is 3. The number of rotatable bonds is 2. The van der Waals surface area contributed by atoms with Crippen LogP contribution in [0.15, 0.2) is 18.2 Å². The van der Waals surface area contributed by atoms with Gasteiger partial charge in [-0.15, -0.1) is 0 Å². The van der Waals surface area contributed by atoms with Gasteiger partial charge in [-0.3, -0.25) is 5.32 Å². The predicted molar refractivity (Wildman–Crippen MR) is 77.9 cm³/mol. The average Bonchev–Trinajstić information content (AvgIpc) is 2.40. The predicted octanol–water partition coefficient (Wildman–Crippen LogP) is 3.07. The highest BCUT2D eigenvalue weighted by Crippen LogP contribution is 2.35. The molecule has 0 spiro atoms. The fourth-order valence-corrected chi connectivity index (χ4v) is 2.50. The second kappa shape index (κ2) is 5.95. The third-order valence-corrected chi connectivity index (χ3v) is 3.54. The summed E-state index contributed by atoms with van der Waals surface area (Å²) < 4.78 is 0. The van der Waals surface area contributed by atoms with Crippen LogP contribution >= 0.6 is 11.6 Å². The Balaban J connectivity index is 2.49. The van der Waals surface area contributed by atoms with Crippen LogP contribution < -0.4 is 10.6 Å². The quantitative estimate of drug-likeness (QED) is 0.782. The number of nitriles is 1. The molecule has 0 aromatic heterocycles. The van der Waals surface area contributed by atoms with Crippen molar-refractivity contribution in [2.45, 2.75) is 19.4 Å². The van der Waals surface area contributed by atoms with Gasteiger partial charge in [0.25, 0.3) is 0 Å². The van der Waals surface area contributed by atoms with Crippen molar-refractivity contribution in [1.29, 1.82) is 5.26 Å². The normalized spacial score (nSPS) is 18.1. The highest BCUT2D eigenvalue weighted by atomic mass is 35.5. The second-order valence-electron chi connectivity index (χ2n) is 4.67. The Hall–Kier alpha value is -2.03. The molecular formula is C14H14ClN3O2. The minimum absolute atomic E-state index is 0.236. The summed E-state index contributed by atoms with van der Waals surface area (Å²) in [7, 11) is 0. The molecule has 0 radical (unpaired) electrons. The molecule has 1 heterocycles. The SMILES string of the molecule is CC1CC(c2cc(C#N)cc(NC(=O)O)c2Cl)=CCN1. The minimum Gasteiger partial charge on any atom is -0.465 e. The highest BCUT2D eigenvalue weighted by Gasteiger charge is 2.18.